The van der Waals surface area contributed by atoms with Gasteiger partial charge in [-0.2, -0.15) is 0 Å². The van der Waals surface area contributed by atoms with Gasteiger partial charge in [0, 0.05) is 5.56 Å². The van der Waals surface area contributed by atoms with Crippen LogP contribution in [0.4, 0.5) is 0 Å². The van der Waals surface area contributed by atoms with Gasteiger partial charge in [-0.1, -0.05) is 0 Å². The average Bonchev–Trinajstić information content (AvgIpc) is 2.35. The molecule has 1 rings (SSSR count). The van der Waals surface area contributed by atoms with Crippen molar-refractivity contribution in [2.45, 2.75) is 0 Å². The highest BCUT2D eigenvalue weighted by atomic mass is 16.4. The number of aromatic carboxylic acids is 1. The van der Waals surface area contributed by atoms with Gasteiger partial charge in [0.25, 0.3) is 11.8 Å². The van der Waals surface area contributed by atoms with Crippen molar-refractivity contribution in [2.24, 2.45) is 11.7 Å². The van der Waals surface area contributed by atoms with Crippen LogP contribution in [0.15, 0.2) is 18.2 Å². The van der Waals surface area contributed by atoms with E-state index in [0.717, 1.165) is 6.07 Å². The van der Waals surface area contributed by atoms with Gasteiger partial charge in [0.15, 0.2) is 0 Å². The van der Waals surface area contributed by atoms with E-state index < -0.39 is 17.8 Å². The Morgan fingerprint density at radius 2 is 1.59 bits per heavy atom. The average molecular weight is 238 g/mol. The third kappa shape index (κ3) is 2.56. The van der Waals surface area contributed by atoms with Gasteiger partial charge in [-0.25, -0.2) is 16.5 Å². The van der Waals surface area contributed by atoms with E-state index in [1.807, 2.05) is 10.9 Å². The molecule has 0 radical (unpaired) electrons. The Morgan fingerprint density at radius 3 is 2.06 bits per heavy atom. The Labute approximate surface area is 95.5 Å². The van der Waals surface area contributed by atoms with Crippen molar-refractivity contribution in [3.8, 4) is 0 Å². The van der Waals surface area contributed by atoms with Crippen molar-refractivity contribution < 1.29 is 19.5 Å². The summed E-state index contributed by atoms with van der Waals surface area (Å²) in [5, 5.41) is 8.91. The Balaban J connectivity index is 3.32. The summed E-state index contributed by atoms with van der Waals surface area (Å²) in [6, 6.07) is 3.48. The maximum atomic E-state index is 11.3. The lowest BCUT2D eigenvalue weighted by Crippen LogP contribution is -2.32. The third-order valence-corrected chi connectivity index (χ3v) is 2.02. The van der Waals surface area contributed by atoms with E-state index in [0.29, 0.717) is 0 Å². The first-order valence-corrected chi connectivity index (χ1v) is 4.40. The van der Waals surface area contributed by atoms with Gasteiger partial charge in [0.05, 0.1) is 11.1 Å². The first-order valence-electron chi connectivity index (χ1n) is 4.40. The normalized spacial score (nSPS) is 9.53. The topological polar surface area (TPSA) is 148 Å². The molecule has 0 saturated carbocycles. The Bertz CT molecular complexity index is 486. The summed E-state index contributed by atoms with van der Waals surface area (Å²) in [6.07, 6.45) is 0. The molecule has 0 aliphatic heterocycles. The lowest BCUT2D eigenvalue weighted by Gasteiger charge is -2.06. The number of hydrazine groups is 2. The summed E-state index contributed by atoms with van der Waals surface area (Å²) >= 11 is 0. The lowest BCUT2D eigenvalue weighted by molar-refractivity contribution is 0.0691. The van der Waals surface area contributed by atoms with E-state index in [1.54, 1.807) is 0 Å². The van der Waals surface area contributed by atoms with Crippen LogP contribution in [0, 0.1) is 0 Å². The van der Waals surface area contributed by atoms with E-state index in [-0.39, 0.29) is 16.7 Å². The van der Waals surface area contributed by atoms with Gasteiger partial charge in [-0.3, -0.25) is 20.4 Å². The molecule has 90 valence electrons. The quantitative estimate of drug-likeness (QED) is 0.248. The number of carbonyl (C=O) groups excluding carboxylic acids is 2. The summed E-state index contributed by atoms with van der Waals surface area (Å²) in [6.45, 7) is 0. The number of hydrogen-bond acceptors (Lipinski definition) is 5. The smallest absolute Gasteiger partial charge is 0.336 e. The number of nitrogens with two attached hydrogens (primary N) is 2. The number of hydrogen-bond donors (Lipinski definition) is 5. The Morgan fingerprint density at radius 1 is 1.00 bits per heavy atom. The SMILES string of the molecule is NNC(=O)c1ccc(C(=O)NN)c(C(=O)O)c1. The van der Waals surface area contributed by atoms with Gasteiger partial charge in [-0.05, 0) is 18.2 Å². The zero-order chi connectivity index (χ0) is 13.0. The fourth-order valence-electron chi connectivity index (χ4n) is 1.22. The number of carboxylic acids is 1. The molecule has 17 heavy (non-hydrogen) atoms. The first kappa shape index (κ1) is 12.6. The van der Waals surface area contributed by atoms with Gasteiger partial charge in [0.2, 0.25) is 0 Å². The van der Waals surface area contributed by atoms with E-state index in [4.69, 9.17) is 16.8 Å². The predicted octanol–water partition coefficient (Wildman–Crippen LogP) is -1.41. The van der Waals surface area contributed by atoms with E-state index in [9.17, 15) is 14.4 Å². The summed E-state index contributed by atoms with van der Waals surface area (Å²) < 4.78 is 0. The minimum Gasteiger partial charge on any atom is -0.478 e. The molecule has 0 atom stereocenters. The number of rotatable bonds is 3. The van der Waals surface area contributed by atoms with Crippen LogP contribution >= 0.6 is 0 Å². The molecular formula is C9H10N4O4. The fourth-order valence-corrected chi connectivity index (χ4v) is 1.22. The molecule has 0 aliphatic rings. The predicted molar refractivity (Wildman–Crippen MR) is 56.7 cm³/mol. The van der Waals surface area contributed by atoms with E-state index >= 15 is 0 Å². The van der Waals surface area contributed by atoms with Crippen LogP contribution in [-0.2, 0) is 0 Å². The van der Waals surface area contributed by atoms with Gasteiger partial charge in [0.1, 0.15) is 0 Å². The van der Waals surface area contributed by atoms with Crippen LogP contribution in [-0.4, -0.2) is 22.9 Å². The largest absolute Gasteiger partial charge is 0.478 e. The monoisotopic (exact) mass is 238 g/mol. The fraction of sp³-hybridized carbons (Fsp3) is 0. The molecule has 0 heterocycles. The molecule has 8 heteroatoms. The Hall–Kier alpha value is -2.45. The number of carboxylic acid groups (broad SMARTS) is 1. The van der Waals surface area contributed by atoms with Crippen molar-refractivity contribution in [1.29, 1.82) is 0 Å². The molecule has 1 aromatic rings. The zero-order valence-corrected chi connectivity index (χ0v) is 8.56. The van der Waals surface area contributed by atoms with E-state index in [2.05, 4.69) is 0 Å². The maximum Gasteiger partial charge on any atom is 0.336 e. The van der Waals surface area contributed by atoms with E-state index in [1.165, 1.54) is 12.1 Å². The molecular weight excluding hydrogens is 228 g/mol. The van der Waals surface area contributed by atoms with Crippen LogP contribution in [0.25, 0.3) is 0 Å². The summed E-state index contributed by atoms with van der Waals surface area (Å²) in [5.41, 5.74) is 3.21. The van der Waals surface area contributed by atoms with Gasteiger partial charge >= 0.3 is 5.97 Å². The number of nitrogens with one attached hydrogen (secondary N) is 2. The number of carbonyl (C=O) groups is 3. The molecule has 8 nitrogen and oxygen atoms in total. The van der Waals surface area contributed by atoms with Crippen molar-refractivity contribution in [3.05, 3.63) is 34.9 Å². The summed E-state index contributed by atoms with van der Waals surface area (Å²) in [4.78, 5) is 33.4. The van der Waals surface area contributed by atoms with Crippen LogP contribution < -0.4 is 22.5 Å². The molecule has 7 N–H and O–H groups in total. The highest BCUT2D eigenvalue weighted by Gasteiger charge is 2.18. The molecule has 0 aromatic heterocycles. The van der Waals surface area contributed by atoms with Gasteiger partial charge < -0.3 is 5.11 Å². The number of benzene rings is 1. The Kier molecular flexibility index (Phi) is 3.75. The molecule has 0 bridgehead atoms. The molecule has 0 saturated heterocycles. The molecule has 1 aromatic carbocycles. The highest BCUT2D eigenvalue weighted by molar-refractivity contribution is 6.06. The van der Waals surface area contributed by atoms with Crippen molar-refractivity contribution >= 4 is 17.8 Å². The first-order chi connectivity index (χ1) is 8.01. The highest BCUT2D eigenvalue weighted by Crippen LogP contribution is 2.12. The molecule has 0 fully saturated rings. The zero-order valence-electron chi connectivity index (χ0n) is 8.56. The summed E-state index contributed by atoms with van der Waals surface area (Å²) in [7, 11) is 0. The molecule has 2 amide bonds. The van der Waals surface area contributed by atoms with Crippen LogP contribution in [0.3, 0.4) is 0 Å². The lowest BCUT2D eigenvalue weighted by atomic mass is 10.0. The number of nitrogen functional groups attached to an aromatic ring is 2. The molecule has 0 spiro atoms. The van der Waals surface area contributed by atoms with Crippen molar-refractivity contribution in [1.82, 2.24) is 10.9 Å². The van der Waals surface area contributed by atoms with Crippen molar-refractivity contribution in [3.63, 3.8) is 0 Å². The second-order valence-electron chi connectivity index (χ2n) is 3.01. The molecule has 0 aliphatic carbocycles. The van der Waals surface area contributed by atoms with Crippen molar-refractivity contribution in [2.75, 3.05) is 0 Å². The maximum absolute atomic E-state index is 11.3. The number of amides is 2. The second-order valence-corrected chi connectivity index (χ2v) is 3.01. The third-order valence-electron chi connectivity index (χ3n) is 2.02. The minimum absolute atomic E-state index is 0.0264. The second kappa shape index (κ2) is 5.05. The van der Waals surface area contributed by atoms with Crippen LogP contribution in [0.5, 0.6) is 0 Å². The molecule has 0 unspecified atom stereocenters. The van der Waals surface area contributed by atoms with Gasteiger partial charge in [-0.15, -0.1) is 0 Å². The summed E-state index contributed by atoms with van der Waals surface area (Å²) in [5.74, 6) is 7.04. The van der Waals surface area contributed by atoms with Crippen LogP contribution in [0.2, 0.25) is 0 Å². The minimum atomic E-state index is -1.35. The van der Waals surface area contributed by atoms with Crippen LogP contribution in [0.1, 0.15) is 31.1 Å². The standard InChI is InChI=1S/C9H10N4O4/c10-12-7(14)4-1-2-5(8(15)13-11)6(3-4)9(16)17/h1-3H,10-11H2,(H,12,14)(H,13,15)(H,16,17).